The first-order valence-corrected chi connectivity index (χ1v) is 8.23. The minimum absolute atomic E-state index is 0.288. The number of rotatable bonds is 2. The molecule has 2 aliphatic heterocycles. The summed E-state index contributed by atoms with van der Waals surface area (Å²) < 4.78 is 0. The summed E-state index contributed by atoms with van der Waals surface area (Å²) in [6, 6.07) is 12.6. The minimum atomic E-state index is -0.958. The second kappa shape index (κ2) is 5.72. The van der Waals surface area contributed by atoms with Gasteiger partial charge in [-0.2, -0.15) is 0 Å². The maximum absolute atomic E-state index is 13.0. The molecule has 2 aliphatic rings. The third-order valence-electron chi connectivity index (χ3n) is 4.58. The first-order chi connectivity index (χ1) is 12.0. The quantitative estimate of drug-likeness (QED) is 0.842. The number of carbonyl (C=O) groups is 2. The Kier molecular flexibility index (Phi) is 3.63. The summed E-state index contributed by atoms with van der Waals surface area (Å²) in [5, 5.41) is 0.478. The van der Waals surface area contributed by atoms with Gasteiger partial charge in [-0.25, -0.2) is 4.90 Å². The Morgan fingerprint density at radius 3 is 2.56 bits per heavy atom. The fraction of sp³-hybridized carbons (Fsp3) is 0.158. The van der Waals surface area contributed by atoms with Crippen LogP contribution < -0.4 is 10.4 Å². The molecule has 2 aromatic carbocycles. The van der Waals surface area contributed by atoms with Gasteiger partial charge in [-0.3, -0.25) is 19.9 Å². The molecular weight excluding hydrogens is 340 g/mol. The van der Waals surface area contributed by atoms with E-state index in [-0.39, 0.29) is 5.57 Å². The number of benzene rings is 2. The van der Waals surface area contributed by atoms with Crippen molar-refractivity contribution in [2.45, 2.75) is 20.0 Å². The fourth-order valence-corrected chi connectivity index (χ4v) is 3.30. The summed E-state index contributed by atoms with van der Waals surface area (Å²) in [4.78, 5) is 32.3. The highest BCUT2D eigenvalue weighted by molar-refractivity contribution is 6.35. The molecule has 0 radical (unpaired) electrons. The lowest BCUT2D eigenvalue weighted by atomic mass is 10.0. The van der Waals surface area contributed by atoms with E-state index in [4.69, 9.17) is 16.4 Å². The summed E-state index contributed by atoms with van der Waals surface area (Å²) in [6.45, 7) is 3.92. The number of imide groups is 1. The van der Waals surface area contributed by atoms with Gasteiger partial charge in [0.2, 0.25) is 0 Å². The zero-order valence-electron chi connectivity index (χ0n) is 13.7. The largest absolute Gasteiger partial charge is 0.270 e. The molecule has 2 heterocycles. The maximum Gasteiger partial charge on any atom is 0.270 e. The number of nitrogens with zero attached hydrogens (tertiary/aromatic N) is 1. The molecule has 2 aromatic rings. The lowest BCUT2D eigenvalue weighted by molar-refractivity contribution is -0.127. The van der Waals surface area contributed by atoms with Crippen molar-refractivity contribution in [3.63, 3.8) is 0 Å². The Hall–Kier alpha value is -2.63. The van der Waals surface area contributed by atoms with Crippen LogP contribution >= 0.6 is 11.6 Å². The van der Waals surface area contributed by atoms with E-state index in [1.165, 1.54) is 4.90 Å². The summed E-state index contributed by atoms with van der Waals surface area (Å²) in [5.74, 6) is -0.795. The molecule has 6 heteroatoms. The number of fused-ring (bicyclic) bond motifs is 1. The molecule has 0 bridgehead atoms. The van der Waals surface area contributed by atoms with Gasteiger partial charge in [0.25, 0.3) is 11.8 Å². The molecule has 1 N–H and O–H groups in total. The third-order valence-corrected chi connectivity index (χ3v) is 4.91. The number of aryl methyl sites for hydroxylation is 2. The topological polar surface area (TPSA) is 58.6 Å². The van der Waals surface area contributed by atoms with Gasteiger partial charge in [-0.05, 0) is 43.2 Å². The van der Waals surface area contributed by atoms with E-state index >= 15 is 0 Å². The number of amides is 2. The number of nitrogens with one attached hydrogen (secondary N) is 1. The lowest BCUT2D eigenvalue weighted by Gasteiger charge is -2.17. The molecule has 25 heavy (non-hydrogen) atoms. The summed E-state index contributed by atoms with van der Waals surface area (Å²) in [5.41, 5.74) is 6.71. The lowest BCUT2D eigenvalue weighted by Crippen LogP contribution is -2.34. The van der Waals surface area contributed by atoms with Crippen molar-refractivity contribution in [2.24, 2.45) is 0 Å². The predicted molar refractivity (Wildman–Crippen MR) is 94.8 cm³/mol. The van der Waals surface area contributed by atoms with E-state index in [2.05, 4.69) is 5.48 Å². The van der Waals surface area contributed by atoms with Crippen LogP contribution in [0.15, 0.2) is 48.0 Å². The Balaban J connectivity index is 1.82. The van der Waals surface area contributed by atoms with E-state index in [9.17, 15) is 9.59 Å². The number of halogens is 1. The molecular formula is C19H15ClN2O3. The highest BCUT2D eigenvalue weighted by atomic mass is 35.5. The molecule has 0 saturated carbocycles. The zero-order chi connectivity index (χ0) is 17.7. The van der Waals surface area contributed by atoms with Crippen LogP contribution in [0.1, 0.15) is 16.7 Å². The average Bonchev–Trinajstić information content (AvgIpc) is 3.12. The van der Waals surface area contributed by atoms with Crippen molar-refractivity contribution in [2.75, 3.05) is 4.90 Å². The second-order valence-electron chi connectivity index (χ2n) is 6.12. The summed E-state index contributed by atoms with van der Waals surface area (Å²) >= 11 is 6.23. The van der Waals surface area contributed by atoms with Gasteiger partial charge in [-0.1, -0.05) is 35.9 Å². The third kappa shape index (κ3) is 2.35. The van der Waals surface area contributed by atoms with E-state index in [0.717, 1.165) is 11.1 Å². The standard InChI is InChI=1S/C19H15ClN2O3/c1-10-7-8-12(9-11(10)2)22-18(23)15-16(21-25-17(15)19(22)24)13-5-3-4-6-14(13)20/h3-9,17,21H,1-2H3/t17-/m0/s1. The molecule has 1 fully saturated rings. The number of hydroxylamine groups is 1. The Morgan fingerprint density at radius 2 is 1.84 bits per heavy atom. The Labute approximate surface area is 149 Å². The molecule has 0 unspecified atom stereocenters. The molecule has 0 aliphatic carbocycles. The number of hydrogen-bond acceptors (Lipinski definition) is 4. The first-order valence-electron chi connectivity index (χ1n) is 7.85. The van der Waals surface area contributed by atoms with Gasteiger partial charge in [0.1, 0.15) is 0 Å². The first kappa shape index (κ1) is 15.9. The molecule has 1 atom stereocenters. The van der Waals surface area contributed by atoms with Gasteiger partial charge in [0.15, 0.2) is 6.10 Å². The van der Waals surface area contributed by atoms with Crippen LogP contribution in [-0.2, 0) is 14.4 Å². The molecule has 1 saturated heterocycles. The zero-order valence-corrected chi connectivity index (χ0v) is 14.4. The van der Waals surface area contributed by atoms with E-state index in [1.54, 1.807) is 24.3 Å². The predicted octanol–water partition coefficient (Wildman–Crippen LogP) is 3.14. The van der Waals surface area contributed by atoms with Gasteiger partial charge < -0.3 is 0 Å². The number of hydrogen-bond donors (Lipinski definition) is 1. The molecule has 0 aromatic heterocycles. The highest BCUT2D eigenvalue weighted by Crippen LogP contribution is 2.37. The summed E-state index contributed by atoms with van der Waals surface area (Å²) in [7, 11) is 0. The van der Waals surface area contributed by atoms with Crippen molar-refractivity contribution >= 4 is 34.8 Å². The van der Waals surface area contributed by atoms with Gasteiger partial charge in [0, 0.05) is 10.6 Å². The fourth-order valence-electron chi connectivity index (χ4n) is 3.07. The van der Waals surface area contributed by atoms with E-state index < -0.39 is 17.9 Å². The Morgan fingerprint density at radius 1 is 1.08 bits per heavy atom. The van der Waals surface area contributed by atoms with Crippen LogP contribution in [-0.4, -0.2) is 17.9 Å². The van der Waals surface area contributed by atoms with Crippen molar-refractivity contribution in [1.82, 2.24) is 5.48 Å². The smallest absolute Gasteiger partial charge is 0.270 e. The number of anilines is 1. The highest BCUT2D eigenvalue weighted by Gasteiger charge is 2.50. The van der Waals surface area contributed by atoms with Crippen LogP contribution in [0.3, 0.4) is 0 Å². The van der Waals surface area contributed by atoms with Crippen LogP contribution in [0.5, 0.6) is 0 Å². The summed E-state index contributed by atoms with van der Waals surface area (Å²) in [6.07, 6.45) is -0.958. The van der Waals surface area contributed by atoms with Crippen molar-refractivity contribution in [1.29, 1.82) is 0 Å². The molecule has 2 amide bonds. The SMILES string of the molecule is Cc1ccc(N2C(=O)C3=C(c4ccccc4Cl)NO[C@@H]3C2=O)cc1C. The van der Waals surface area contributed by atoms with E-state index in [0.29, 0.717) is 22.0 Å². The number of carbonyl (C=O) groups excluding carboxylic acids is 2. The molecule has 4 rings (SSSR count). The van der Waals surface area contributed by atoms with Gasteiger partial charge >= 0.3 is 0 Å². The Bertz CT molecular complexity index is 951. The molecule has 5 nitrogen and oxygen atoms in total. The van der Waals surface area contributed by atoms with Crippen LogP contribution in [0.25, 0.3) is 5.70 Å². The van der Waals surface area contributed by atoms with Crippen molar-refractivity contribution in [3.8, 4) is 0 Å². The van der Waals surface area contributed by atoms with Crippen molar-refractivity contribution in [3.05, 3.63) is 69.8 Å². The minimum Gasteiger partial charge on any atom is -0.270 e. The van der Waals surface area contributed by atoms with Crippen molar-refractivity contribution < 1.29 is 14.4 Å². The van der Waals surface area contributed by atoms with Crippen LogP contribution in [0.2, 0.25) is 5.02 Å². The van der Waals surface area contributed by atoms with Crippen LogP contribution in [0, 0.1) is 13.8 Å². The molecule has 0 spiro atoms. The average molecular weight is 355 g/mol. The van der Waals surface area contributed by atoms with Gasteiger partial charge in [0.05, 0.1) is 17.0 Å². The molecule has 126 valence electrons. The maximum atomic E-state index is 13.0. The van der Waals surface area contributed by atoms with Gasteiger partial charge in [-0.15, -0.1) is 0 Å². The monoisotopic (exact) mass is 354 g/mol. The normalized spacial score (nSPS) is 19.5. The van der Waals surface area contributed by atoms with Crippen LogP contribution in [0.4, 0.5) is 5.69 Å². The van der Waals surface area contributed by atoms with E-state index in [1.807, 2.05) is 32.0 Å². The second-order valence-corrected chi connectivity index (χ2v) is 6.52.